The Kier molecular flexibility index (Phi) is 4.83. The lowest BCUT2D eigenvalue weighted by molar-refractivity contribution is -0.384. The van der Waals surface area contributed by atoms with Crippen molar-refractivity contribution in [3.63, 3.8) is 0 Å². The molecule has 0 radical (unpaired) electrons. The summed E-state index contributed by atoms with van der Waals surface area (Å²) in [6.07, 6.45) is 0.673. The Balaban J connectivity index is 2.89. The summed E-state index contributed by atoms with van der Waals surface area (Å²) >= 11 is 2.99. The third-order valence-corrected chi connectivity index (χ3v) is 2.76. The molecule has 0 aliphatic heterocycles. The molecule has 1 atom stereocenters. The molecule has 0 bridgehead atoms. The minimum atomic E-state index is -0.658. The molecule has 0 aromatic heterocycles. The van der Waals surface area contributed by atoms with Gasteiger partial charge in [-0.3, -0.25) is 10.1 Å². The molecule has 1 unspecified atom stereocenters. The predicted molar refractivity (Wildman–Crippen MR) is 67.5 cm³/mol. The highest BCUT2D eigenvalue weighted by atomic mass is 79.9. The second-order valence-corrected chi connectivity index (χ2v) is 4.59. The van der Waals surface area contributed by atoms with Gasteiger partial charge in [0.25, 0.3) is 5.69 Å². The Hall–Kier alpha value is -1.21. The Morgan fingerprint density at radius 1 is 1.65 bits per heavy atom. The second-order valence-electron chi connectivity index (χ2n) is 3.73. The molecule has 1 rings (SSSR count). The SMILES string of the molecule is CC(N)CCNc1cc(Br)c(F)cc1[N+](=O)[O-]. The number of nitrogens with two attached hydrogens (primary N) is 1. The first-order chi connectivity index (χ1) is 7.91. The third-order valence-electron chi connectivity index (χ3n) is 2.15. The Labute approximate surface area is 106 Å². The van der Waals surface area contributed by atoms with Crippen molar-refractivity contribution in [1.82, 2.24) is 0 Å². The van der Waals surface area contributed by atoms with Crippen LogP contribution in [0.4, 0.5) is 15.8 Å². The van der Waals surface area contributed by atoms with Crippen LogP contribution in [0.3, 0.4) is 0 Å². The number of anilines is 1. The van der Waals surface area contributed by atoms with Gasteiger partial charge in [0.2, 0.25) is 0 Å². The number of hydrogen-bond donors (Lipinski definition) is 2. The smallest absolute Gasteiger partial charge is 0.295 e. The maximum atomic E-state index is 13.2. The van der Waals surface area contributed by atoms with Gasteiger partial charge in [-0.2, -0.15) is 0 Å². The highest BCUT2D eigenvalue weighted by molar-refractivity contribution is 9.10. The Morgan fingerprint density at radius 2 is 2.29 bits per heavy atom. The topological polar surface area (TPSA) is 81.2 Å². The number of rotatable bonds is 5. The van der Waals surface area contributed by atoms with E-state index in [1.165, 1.54) is 6.07 Å². The predicted octanol–water partition coefficient (Wildman–Crippen LogP) is 2.65. The van der Waals surface area contributed by atoms with Crippen molar-refractivity contribution in [1.29, 1.82) is 0 Å². The van der Waals surface area contributed by atoms with Crippen molar-refractivity contribution in [3.05, 3.63) is 32.5 Å². The fourth-order valence-corrected chi connectivity index (χ4v) is 1.61. The third kappa shape index (κ3) is 3.94. The lowest BCUT2D eigenvalue weighted by Gasteiger charge is -2.09. The summed E-state index contributed by atoms with van der Waals surface area (Å²) in [7, 11) is 0. The van der Waals surface area contributed by atoms with Gasteiger partial charge < -0.3 is 11.1 Å². The van der Waals surface area contributed by atoms with Gasteiger partial charge in [0.1, 0.15) is 11.5 Å². The van der Waals surface area contributed by atoms with Gasteiger partial charge in [-0.15, -0.1) is 0 Å². The highest BCUT2D eigenvalue weighted by Crippen LogP contribution is 2.30. The normalized spacial score (nSPS) is 12.2. The summed E-state index contributed by atoms with van der Waals surface area (Å²) in [4.78, 5) is 10.1. The average Bonchev–Trinajstić information content (AvgIpc) is 2.22. The number of halogens is 2. The summed E-state index contributed by atoms with van der Waals surface area (Å²) in [5.74, 6) is -0.658. The summed E-state index contributed by atoms with van der Waals surface area (Å²) in [6.45, 7) is 2.34. The number of nitrogens with zero attached hydrogens (tertiary/aromatic N) is 1. The van der Waals surface area contributed by atoms with E-state index in [0.29, 0.717) is 13.0 Å². The van der Waals surface area contributed by atoms with Crippen molar-refractivity contribution in [2.75, 3.05) is 11.9 Å². The van der Waals surface area contributed by atoms with E-state index < -0.39 is 10.7 Å². The van der Waals surface area contributed by atoms with E-state index in [0.717, 1.165) is 6.07 Å². The molecule has 94 valence electrons. The van der Waals surface area contributed by atoms with Crippen LogP contribution in [0.15, 0.2) is 16.6 Å². The summed E-state index contributed by atoms with van der Waals surface area (Å²) < 4.78 is 13.4. The van der Waals surface area contributed by atoms with E-state index in [-0.39, 0.29) is 21.9 Å². The van der Waals surface area contributed by atoms with Crippen LogP contribution in [0, 0.1) is 15.9 Å². The van der Waals surface area contributed by atoms with E-state index in [2.05, 4.69) is 21.2 Å². The molecule has 17 heavy (non-hydrogen) atoms. The molecule has 0 amide bonds. The van der Waals surface area contributed by atoms with Crippen LogP contribution in [0.2, 0.25) is 0 Å². The molecular weight excluding hydrogens is 293 g/mol. The van der Waals surface area contributed by atoms with Crippen LogP contribution < -0.4 is 11.1 Å². The van der Waals surface area contributed by atoms with Gasteiger partial charge >= 0.3 is 0 Å². The Morgan fingerprint density at radius 3 is 2.82 bits per heavy atom. The lowest BCUT2D eigenvalue weighted by atomic mass is 10.2. The van der Waals surface area contributed by atoms with Gasteiger partial charge in [-0.25, -0.2) is 4.39 Å². The first-order valence-electron chi connectivity index (χ1n) is 5.04. The van der Waals surface area contributed by atoms with E-state index >= 15 is 0 Å². The minimum absolute atomic E-state index is 0.00504. The van der Waals surface area contributed by atoms with Crippen LogP contribution in [0.5, 0.6) is 0 Å². The summed E-state index contributed by atoms with van der Waals surface area (Å²) in [5.41, 5.74) is 5.56. The summed E-state index contributed by atoms with van der Waals surface area (Å²) in [5, 5.41) is 13.6. The zero-order chi connectivity index (χ0) is 13.0. The molecule has 5 nitrogen and oxygen atoms in total. The van der Waals surface area contributed by atoms with Crippen LogP contribution in [0.25, 0.3) is 0 Å². The van der Waals surface area contributed by atoms with E-state index in [1.807, 2.05) is 6.92 Å². The summed E-state index contributed by atoms with van der Waals surface area (Å²) in [6, 6.07) is 2.25. The van der Waals surface area contributed by atoms with Gasteiger partial charge in [-0.05, 0) is 35.3 Å². The first-order valence-corrected chi connectivity index (χ1v) is 5.84. The first kappa shape index (κ1) is 13.9. The molecule has 0 aliphatic carbocycles. The standard InChI is InChI=1S/C10H13BrFN3O2/c1-6(13)2-3-14-9-4-7(11)8(12)5-10(9)15(16)17/h4-6,14H,2-3,13H2,1H3. The molecule has 0 aliphatic rings. The van der Waals surface area contributed by atoms with E-state index in [4.69, 9.17) is 5.73 Å². The number of nitro groups is 1. The molecule has 1 aromatic rings. The van der Waals surface area contributed by atoms with Gasteiger partial charge in [0.05, 0.1) is 15.5 Å². The van der Waals surface area contributed by atoms with Crippen LogP contribution in [-0.4, -0.2) is 17.5 Å². The van der Waals surface area contributed by atoms with Gasteiger partial charge in [-0.1, -0.05) is 0 Å². The van der Waals surface area contributed by atoms with Crippen molar-refractivity contribution >= 4 is 27.3 Å². The van der Waals surface area contributed by atoms with Gasteiger partial charge in [0, 0.05) is 12.6 Å². The number of nitro benzene ring substituents is 1. The zero-order valence-corrected chi connectivity index (χ0v) is 10.8. The quantitative estimate of drug-likeness (QED) is 0.647. The van der Waals surface area contributed by atoms with Crippen LogP contribution in [-0.2, 0) is 0 Å². The highest BCUT2D eigenvalue weighted by Gasteiger charge is 2.17. The minimum Gasteiger partial charge on any atom is -0.379 e. The molecule has 0 spiro atoms. The molecule has 3 N–H and O–H groups in total. The average molecular weight is 306 g/mol. The Bertz CT molecular complexity index is 426. The lowest BCUT2D eigenvalue weighted by Crippen LogP contribution is -2.19. The second kappa shape index (κ2) is 5.92. The van der Waals surface area contributed by atoms with E-state index in [9.17, 15) is 14.5 Å². The molecular formula is C10H13BrFN3O2. The maximum absolute atomic E-state index is 13.2. The fraction of sp³-hybridized carbons (Fsp3) is 0.400. The van der Waals surface area contributed by atoms with Crippen molar-refractivity contribution in [2.24, 2.45) is 5.73 Å². The van der Waals surface area contributed by atoms with Crippen molar-refractivity contribution in [2.45, 2.75) is 19.4 Å². The molecule has 0 saturated carbocycles. The number of hydrogen-bond acceptors (Lipinski definition) is 4. The van der Waals surface area contributed by atoms with Crippen LogP contribution in [0.1, 0.15) is 13.3 Å². The monoisotopic (exact) mass is 305 g/mol. The van der Waals surface area contributed by atoms with Crippen molar-refractivity contribution in [3.8, 4) is 0 Å². The van der Waals surface area contributed by atoms with Crippen LogP contribution >= 0.6 is 15.9 Å². The molecule has 0 saturated heterocycles. The fourth-order valence-electron chi connectivity index (χ4n) is 1.26. The molecule has 0 fully saturated rings. The number of nitrogens with one attached hydrogen (secondary N) is 1. The van der Waals surface area contributed by atoms with Gasteiger partial charge in [0.15, 0.2) is 0 Å². The molecule has 1 aromatic carbocycles. The molecule has 0 heterocycles. The zero-order valence-electron chi connectivity index (χ0n) is 9.24. The van der Waals surface area contributed by atoms with E-state index in [1.54, 1.807) is 0 Å². The molecule has 7 heteroatoms. The van der Waals surface area contributed by atoms with Crippen molar-refractivity contribution < 1.29 is 9.31 Å². The number of benzene rings is 1. The largest absolute Gasteiger partial charge is 0.379 e. The maximum Gasteiger partial charge on any atom is 0.295 e.